The van der Waals surface area contributed by atoms with Crippen molar-refractivity contribution < 1.29 is 0 Å². The van der Waals surface area contributed by atoms with Gasteiger partial charge in [-0.25, -0.2) is 0 Å². The fraction of sp³-hybridized carbons (Fsp3) is 0.400. The van der Waals surface area contributed by atoms with Gasteiger partial charge in [0.2, 0.25) is 0 Å². The average molecular weight is 151 g/mol. The summed E-state index contributed by atoms with van der Waals surface area (Å²) >= 11 is 0. The summed E-state index contributed by atoms with van der Waals surface area (Å²) in [5.41, 5.74) is 7.86. The molecule has 0 spiro atoms. The highest BCUT2D eigenvalue weighted by Crippen LogP contribution is 2.10. The fourth-order valence-corrected chi connectivity index (χ4v) is 0.981. The molecule has 0 aromatic carbocycles. The Morgan fingerprint density at radius 3 is 2.36 bits per heavy atom. The molecule has 62 valence electrons. The van der Waals surface area contributed by atoms with Gasteiger partial charge in [-0.1, -0.05) is 19.1 Å². The highest BCUT2D eigenvalue weighted by atomic mass is 14.5. The van der Waals surface area contributed by atoms with Gasteiger partial charge in [-0.2, -0.15) is 0 Å². The normalized spacial score (nSPS) is 14.5. The monoisotopic (exact) mass is 151 g/mol. The zero-order valence-electron chi connectivity index (χ0n) is 7.59. The van der Waals surface area contributed by atoms with Crippen molar-refractivity contribution in [1.82, 2.24) is 0 Å². The van der Waals surface area contributed by atoms with Crippen LogP contribution < -0.4 is 5.73 Å². The summed E-state index contributed by atoms with van der Waals surface area (Å²) in [6, 6.07) is 0. The number of rotatable bonds is 3. The van der Waals surface area contributed by atoms with Gasteiger partial charge in [-0.15, -0.1) is 0 Å². The maximum atomic E-state index is 5.28. The molecule has 11 heavy (non-hydrogen) atoms. The van der Waals surface area contributed by atoms with Crippen LogP contribution in [0.25, 0.3) is 0 Å². The highest BCUT2D eigenvalue weighted by Gasteiger charge is 1.90. The van der Waals surface area contributed by atoms with Crippen molar-refractivity contribution in [3.63, 3.8) is 0 Å². The largest absolute Gasteiger partial charge is 0.405 e. The molecule has 0 bridgehead atoms. The summed E-state index contributed by atoms with van der Waals surface area (Å²) in [4.78, 5) is 0. The maximum Gasteiger partial charge on any atom is -0.00596 e. The lowest BCUT2D eigenvalue weighted by Crippen LogP contribution is -1.83. The first-order chi connectivity index (χ1) is 5.26. The van der Waals surface area contributed by atoms with Crippen molar-refractivity contribution in [2.45, 2.75) is 27.2 Å². The van der Waals surface area contributed by atoms with E-state index in [2.05, 4.69) is 19.9 Å². The molecule has 0 amide bonds. The van der Waals surface area contributed by atoms with E-state index in [0.717, 1.165) is 6.42 Å². The summed E-state index contributed by atoms with van der Waals surface area (Å²) < 4.78 is 0. The van der Waals surface area contributed by atoms with Crippen LogP contribution in [-0.2, 0) is 0 Å². The Balaban J connectivity index is 4.52. The first-order valence-corrected chi connectivity index (χ1v) is 3.97. The minimum absolute atomic E-state index is 1.06. The van der Waals surface area contributed by atoms with Crippen LogP contribution >= 0.6 is 0 Å². The molecule has 0 aromatic heterocycles. The first-order valence-electron chi connectivity index (χ1n) is 3.97. The van der Waals surface area contributed by atoms with Crippen molar-refractivity contribution >= 4 is 0 Å². The van der Waals surface area contributed by atoms with Gasteiger partial charge < -0.3 is 5.73 Å². The van der Waals surface area contributed by atoms with Crippen LogP contribution in [0.2, 0.25) is 0 Å². The van der Waals surface area contributed by atoms with E-state index in [-0.39, 0.29) is 0 Å². The fourth-order valence-electron chi connectivity index (χ4n) is 0.981. The molecule has 2 N–H and O–H groups in total. The van der Waals surface area contributed by atoms with E-state index < -0.39 is 0 Å². The average Bonchev–Trinajstić information content (AvgIpc) is 2.00. The second-order valence-corrected chi connectivity index (χ2v) is 2.42. The van der Waals surface area contributed by atoms with Crippen LogP contribution in [0.5, 0.6) is 0 Å². The molecule has 0 unspecified atom stereocenters. The quantitative estimate of drug-likeness (QED) is 0.617. The SMILES string of the molecule is C\C=C/C(CC)=C(C)/C=C\N. The Kier molecular flexibility index (Phi) is 5.26. The standard InChI is InChI=1S/C10H17N/c1-4-6-10(5-2)9(3)7-8-11/h4,6-8H,5,11H2,1-3H3/b6-4-,8-7-,10-9+. The van der Waals surface area contributed by atoms with Gasteiger partial charge in [0.05, 0.1) is 0 Å². The minimum atomic E-state index is 1.06. The molecular formula is C10H17N. The molecule has 0 heterocycles. The molecule has 1 heteroatoms. The minimum Gasteiger partial charge on any atom is -0.405 e. The summed E-state index contributed by atoms with van der Waals surface area (Å²) in [5.74, 6) is 0. The molecule has 0 saturated carbocycles. The lowest BCUT2D eigenvalue weighted by atomic mass is 10.1. The van der Waals surface area contributed by atoms with Gasteiger partial charge in [-0.05, 0) is 43.7 Å². The number of nitrogens with two attached hydrogens (primary N) is 1. The van der Waals surface area contributed by atoms with Gasteiger partial charge in [-0.3, -0.25) is 0 Å². The molecule has 0 aliphatic carbocycles. The molecular weight excluding hydrogens is 134 g/mol. The van der Waals surface area contributed by atoms with Crippen LogP contribution in [-0.4, -0.2) is 0 Å². The Morgan fingerprint density at radius 1 is 1.36 bits per heavy atom. The molecule has 0 aromatic rings. The summed E-state index contributed by atoms with van der Waals surface area (Å²) in [6.45, 7) is 6.24. The van der Waals surface area contributed by atoms with Crippen molar-refractivity contribution in [2.75, 3.05) is 0 Å². The molecule has 1 nitrogen and oxygen atoms in total. The van der Waals surface area contributed by atoms with Gasteiger partial charge >= 0.3 is 0 Å². The zero-order chi connectivity index (χ0) is 8.69. The van der Waals surface area contributed by atoms with Crippen molar-refractivity contribution in [1.29, 1.82) is 0 Å². The van der Waals surface area contributed by atoms with E-state index in [1.54, 1.807) is 6.20 Å². The maximum absolute atomic E-state index is 5.28. The van der Waals surface area contributed by atoms with Gasteiger partial charge in [0.15, 0.2) is 0 Å². The predicted octanol–water partition coefficient (Wildman–Crippen LogP) is 2.76. The Morgan fingerprint density at radius 2 is 2.00 bits per heavy atom. The number of allylic oxidation sites excluding steroid dienone is 5. The third kappa shape index (κ3) is 3.66. The van der Waals surface area contributed by atoms with Crippen LogP contribution in [0.15, 0.2) is 35.6 Å². The molecule has 0 aliphatic rings. The lowest BCUT2D eigenvalue weighted by molar-refractivity contribution is 1.12. The second kappa shape index (κ2) is 5.78. The van der Waals surface area contributed by atoms with E-state index in [9.17, 15) is 0 Å². The van der Waals surface area contributed by atoms with Gasteiger partial charge in [0.1, 0.15) is 0 Å². The van der Waals surface area contributed by atoms with E-state index >= 15 is 0 Å². The van der Waals surface area contributed by atoms with Crippen LogP contribution in [0, 0.1) is 0 Å². The second-order valence-electron chi connectivity index (χ2n) is 2.42. The van der Waals surface area contributed by atoms with E-state index in [1.165, 1.54) is 11.1 Å². The van der Waals surface area contributed by atoms with Crippen LogP contribution in [0.4, 0.5) is 0 Å². The Labute approximate surface area is 69.3 Å². The lowest BCUT2D eigenvalue weighted by Gasteiger charge is -1.99. The summed E-state index contributed by atoms with van der Waals surface area (Å²) in [5, 5.41) is 0. The van der Waals surface area contributed by atoms with Crippen LogP contribution in [0.3, 0.4) is 0 Å². The summed E-state index contributed by atoms with van der Waals surface area (Å²) in [7, 11) is 0. The molecule has 0 fully saturated rings. The van der Waals surface area contributed by atoms with E-state index in [1.807, 2.05) is 19.1 Å². The smallest absolute Gasteiger partial charge is 0.00596 e. The molecule has 0 rings (SSSR count). The van der Waals surface area contributed by atoms with Crippen molar-refractivity contribution in [2.24, 2.45) is 5.73 Å². The molecule has 0 atom stereocenters. The third-order valence-corrected chi connectivity index (χ3v) is 1.60. The highest BCUT2D eigenvalue weighted by molar-refractivity contribution is 5.30. The van der Waals surface area contributed by atoms with Gasteiger partial charge in [0, 0.05) is 0 Å². The van der Waals surface area contributed by atoms with Crippen LogP contribution in [0.1, 0.15) is 27.2 Å². The molecule has 0 saturated heterocycles. The predicted molar refractivity (Wildman–Crippen MR) is 51.1 cm³/mol. The number of hydrogen-bond acceptors (Lipinski definition) is 1. The van der Waals surface area contributed by atoms with Crippen molar-refractivity contribution in [3.8, 4) is 0 Å². The molecule has 0 radical (unpaired) electrons. The number of hydrogen-bond donors (Lipinski definition) is 1. The summed E-state index contributed by atoms with van der Waals surface area (Å²) in [6.07, 6.45) is 8.73. The topological polar surface area (TPSA) is 26.0 Å². The Hall–Kier alpha value is -0.980. The van der Waals surface area contributed by atoms with E-state index in [4.69, 9.17) is 5.73 Å². The van der Waals surface area contributed by atoms with E-state index in [0.29, 0.717) is 0 Å². The first kappa shape index (κ1) is 10.0. The van der Waals surface area contributed by atoms with Gasteiger partial charge in [0.25, 0.3) is 0 Å². The zero-order valence-corrected chi connectivity index (χ0v) is 7.59. The third-order valence-electron chi connectivity index (χ3n) is 1.60. The van der Waals surface area contributed by atoms with Crippen molar-refractivity contribution in [3.05, 3.63) is 35.6 Å². The molecule has 0 aliphatic heterocycles. The Bertz CT molecular complexity index is 185.